The van der Waals surface area contributed by atoms with Crippen molar-refractivity contribution in [1.29, 1.82) is 0 Å². The van der Waals surface area contributed by atoms with E-state index in [4.69, 9.17) is 0 Å². The summed E-state index contributed by atoms with van der Waals surface area (Å²) in [6.07, 6.45) is 1.12. The molecule has 1 saturated heterocycles. The van der Waals surface area contributed by atoms with Crippen LogP contribution in [0.4, 0.5) is 8.78 Å². The molecule has 0 saturated carbocycles. The molecule has 0 aromatic heterocycles. The van der Waals surface area contributed by atoms with E-state index < -0.39 is 6.61 Å². The topological polar surface area (TPSA) is 21.3 Å². The van der Waals surface area contributed by atoms with Gasteiger partial charge in [0, 0.05) is 22.9 Å². The number of rotatable bonds is 5. The summed E-state index contributed by atoms with van der Waals surface area (Å²) in [6, 6.07) is 7.41. The molecule has 3 atom stereocenters. The Morgan fingerprint density at radius 2 is 2.11 bits per heavy atom. The van der Waals surface area contributed by atoms with E-state index in [9.17, 15) is 8.78 Å². The predicted molar refractivity (Wildman–Crippen MR) is 74.9 cm³/mol. The molecule has 0 spiro atoms. The van der Waals surface area contributed by atoms with E-state index in [0.29, 0.717) is 11.3 Å². The Balaban J connectivity index is 2.07. The molecular formula is C14H19F2NOS. The van der Waals surface area contributed by atoms with Crippen LogP contribution in [0.5, 0.6) is 5.75 Å². The number of benzene rings is 1. The zero-order valence-corrected chi connectivity index (χ0v) is 11.9. The first-order valence-electron chi connectivity index (χ1n) is 6.49. The number of alkyl halides is 2. The molecule has 19 heavy (non-hydrogen) atoms. The van der Waals surface area contributed by atoms with E-state index >= 15 is 0 Å². The van der Waals surface area contributed by atoms with Gasteiger partial charge in [-0.25, -0.2) is 0 Å². The highest BCUT2D eigenvalue weighted by molar-refractivity contribution is 8.00. The van der Waals surface area contributed by atoms with Crippen molar-refractivity contribution in [3.8, 4) is 5.75 Å². The van der Waals surface area contributed by atoms with Crippen molar-refractivity contribution < 1.29 is 13.5 Å². The molecule has 1 aliphatic rings. The standard InChI is InChI=1S/C14H19F2NOS/c1-9(17-12-7-8-19-10(12)2)11-5-3-4-6-13(11)18-14(15)16/h3-6,9-10,12,14,17H,7-8H2,1-2H3. The molecule has 1 fully saturated rings. The van der Waals surface area contributed by atoms with E-state index in [0.717, 1.165) is 17.7 Å². The minimum absolute atomic E-state index is 0.00102. The first-order chi connectivity index (χ1) is 9.08. The van der Waals surface area contributed by atoms with Crippen molar-refractivity contribution in [2.24, 2.45) is 0 Å². The number of hydrogen-bond acceptors (Lipinski definition) is 3. The van der Waals surface area contributed by atoms with Gasteiger partial charge < -0.3 is 10.1 Å². The minimum Gasteiger partial charge on any atom is -0.434 e. The maximum absolute atomic E-state index is 12.4. The molecule has 0 aliphatic carbocycles. The molecule has 1 aromatic carbocycles. The molecule has 3 unspecified atom stereocenters. The number of para-hydroxylation sites is 1. The smallest absolute Gasteiger partial charge is 0.387 e. The van der Waals surface area contributed by atoms with E-state index in [1.807, 2.05) is 30.8 Å². The highest BCUT2D eigenvalue weighted by Crippen LogP contribution is 2.31. The highest BCUT2D eigenvalue weighted by atomic mass is 32.2. The van der Waals surface area contributed by atoms with Gasteiger partial charge in [-0.1, -0.05) is 25.1 Å². The van der Waals surface area contributed by atoms with Crippen LogP contribution in [-0.2, 0) is 0 Å². The molecule has 2 nitrogen and oxygen atoms in total. The van der Waals surface area contributed by atoms with Crippen LogP contribution in [0, 0.1) is 0 Å². The summed E-state index contributed by atoms with van der Waals surface area (Å²) in [7, 11) is 0. The van der Waals surface area contributed by atoms with Crippen molar-refractivity contribution in [3.63, 3.8) is 0 Å². The predicted octanol–water partition coefficient (Wildman–Crippen LogP) is 3.83. The van der Waals surface area contributed by atoms with Gasteiger partial charge in [0.15, 0.2) is 0 Å². The number of ether oxygens (including phenoxy) is 1. The van der Waals surface area contributed by atoms with Gasteiger partial charge in [-0.15, -0.1) is 0 Å². The molecule has 1 heterocycles. The Morgan fingerprint density at radius 3 is 2.74 bits per heavy atom. The van der Waals surface area contributed by atoms with Crippen molar-refractivity contribution in [2.45, 2.75) is 44.2 Å². The minimum atomic E-state index is -2.78. The van der Waals surface area contributed by atoms with E-state index in [2.05, 4.69) is 17.0 Å². The second kappa shape index (κ2) is 6.57. The van der Waals surface area contributed by atoms with Crippen LogP contribution >= 0.6 is 11.8 Å². The summed E-state index contributed by atoms with van der Waals surface area (Å²) >= 11 is 1.94. The molecule has 0 radical (unpaired) electrons. The van der Waals surface area contributed by atoms with Crippen LogP contribution in [0.1, 0.15) is 31.9 Å². The summed E-state index contributed by atoms with van der Waals surface area (Å²) in [5, 5.41) is 4.07. The molecule has 1 aliphatic heterocycles. The maximum atomic E-state index is 12.4. The van der Waals surface area contributed by atoms with E-state index in [-0.39, 0.29) is 11.8 Å². The summed E-state index contributed by atoms with van der Waals surface area (Å²) in [4.78, 5) is 0. The van der Waals surface area contributed by atoms with Gasteiger partial charge in [0.05, 0.1) is 0 Å². The lowest BCUT2D eigenvalue weighted by atomic mass is 10.0. The monoisotopic (exact) mass is 287 g/mol. The quantitative estimate of drug-likeness (QED) is 0.889. The molecule has 0 amide bonds. The van der Waals surface area contributed by atoms with Crippen molar-refractivity contribution >= 4 is 11.8 Å². The van der Waals surface area contributed by atoms with Crippen LogP contribution in [0.2, 0.25) is 0 Å². The third kappa shape index (κ3) is 3.83. The summed E-state index contributed by atoms with van der Waals surface area (Å²) < 4.78 is 29.3. The molecule has 0 bridgehead atoms. The summed E-state index contributed by atoms with van der Waals surface area (Å²) in [5.74, 6) is 1.41. The number of thioether (sulfide) groups is 1. The van der Waals surface area contributed by atoms with Crippen LogP contribution in [0.3, 0.4) is 0 Å². The van der Waals surface area contributed by atoms with Crippen molar-refractivity contribution in [3.05, 3.63) is 29.8 Å². The van der Waals surface area contributed by atoms with Crippen LogP contribution < -0.4 is 10.1 Å². The second-order valence-electron chi connectivity index (χ2n) is 4.78. The van der Waals surface area contributed by atoms with E-state index in [1.54, 1.807) is 12.1 Å². The van der Waals surface area contributed by atoms with Gasteiger partial charge >= 0.3 is 6.61 Å². The largest absolute Gasteiger partial charge is 0.434 e. The SMILES string of the molecule is CC(NC1CCSC1C)c1ccccc1OC(F)F. The molecule has 1 aromatic rings. The van der Waals surface area contributed by atoms with Crippen molar-refractivity contribution in [2.75, 3.05) is 5.75 Å². The Kier molecular flexibility index (Phi) is 5.05. The highest BCUT2D eigenvalue weighted by Gasteiger charge is 2.26. The number of halogens is 2. The van der Waals surface area contributed by atoms with Crippen LogP contribution in [0.25, 0.3) is 0 Å². The molecule has 106 valence electrons. The third-order valence-corrected chi connectivity index (χ3v) is 4.77. The lowest BCUT2D eigenvalue weighted by Crippen LogP contribution is -2.35. The molecule has 5 heteroatoms. The van der Waals surface area contributed by atoms with Gasteiger partial charge in [0.2, 0.25) is 0 Å². The van der Waals surface area contributed by atoms with Gasteiger partial charge in [0.25, 0.3) is 0 Å². The van der Waals surface area contributed by atoms with Gasteiger partial charge in [0.1, 0.15) is 5.75 Å². The van der Waals surface area contributed by atoms with Crippen LogP contribution in [0.15, 0.2) is 24.3 Å². The first kappa shape index (κ1) is 14.6. The molecule has 1 N–H and O–H groups in total. The average molecular weight is 287 g/mol. The zero-order valence-electron chi connectivity index (χ0n) is 11.1. The number of hydrogen-bond donors (Lipinski definition) is 1. The van der Waals surface area contributed by atoms with Gasteiger partial charge in [-0.3, -0.25) is 0 Å². The Hall–Kier alpha value is -0.810. The fraction of sp³-hybridized carbons (Fsp3) is 0.571. The lowest BCUT2D eigenvalue weighted by molar-refractivity contribution is -0.0506. The zero-order chi connectivity index (χ0) is 13.8. The average Bonchev–Trinajstić information content (AvgIpc) is 2.75. The Labute approximate surface area is 116 Å². The van der Waals surface area contributed by atoms with Gasteiger partial charge in [-0.2, -0.15) is 20.5 Å². The molecule has 2 rings (SSSR count). The maximum Gasteiger partial charge on any atom is 0.387 e. The first-order valence-corrected chi connectivity index (χ1v) is 7.54. The number of nitrogens with one attached hydrogen (secondary N) is 1. The fourth-order valence-corrected chi connectivity index (χ4v) is 3.61. The molecular weight excluding hydrogens is 268 g/mol. The third-order valence-electron chi connectivity index (χ3n) is 3.44. The normalized spacial score (nSPS) is 24.7. The van der Waals surface area contributed by atoms with Crippen LogP contribution in [-0.4, -0.2) is 23.7 Å². The second-order valence-corrected chi connectivity index (χ2v) is 6.26. The van der Waals surface area contributed by atoms with E-state index in [1.165, 1.54) is 0 Å². The van der Waals surface area contributed by atoms with Gasteiger partial charge in [-0.05, 0) is 25.2 Å². The summed E-state index contributed by atoms with van der Waals surface area (Å²) in [5.41, 5.74) is 0.784. The fourth-order valence-electron chi connectivity index (χ4n) is 2.40. The Bertz CT molecular complexity index is 416. The lowest BCUT2D eigenvalue weighted by Gasteiger charge is -2.24. The summed E-state index contributed by atoms with van der Waals surface area (Å²) in [6.45, 7) is 1.40. The Morgan fingerprint density at radius 1 is 1.37 bits per heavy atom. The van der Waals surface area contributed by atoms with Crippen molar-refractivity contribution in [1.82, 2.24) is 5.32 Å².